The van der Waals surface area contributed by atoms with E-state index >= 15 is 0 Å². The zero-order valence-corrected chi connectivity index (χ0v) is 14.3. The number of nitrogens with zero attached hydrogens (tertiary/aromatic N) is 2. The Morgan fingerprint density at radius 2 is 1.90 bits per heavy atom. The van der Waals surface area contributed by atoms with Crippen molar-refractivity contribution >= 4 is 23.6 Å². The molecule has 0 radical (unpaired) electrons. The van der Waals surface area contributed by atoms with Gasteiger partial charge in [-0.15, -0.1) is 0 Å². The lowest BCUT2D eigenvalue weighted by Gasteiger charge is -2.17. The van der Waals surface area contributed by atoms with Gasteiger partial charge in [-0.2, -0.15) is 11.8 Å². The molecule has 0 aliphatic rings. The van der Waals surface area contributed by atoms with Gasteiger partial charge in [0.05, 0.1) is 0 Å². The Morgan fingerprint density at radius 1 is 1.25 bits per heavy atom. The first kappa shape index (κ1) is 19.1. The third-order valence-electron chi connectivity index (χ3n) is 3.18. The summed E-state index contributed by atoms with van der Waals surface area (Å²) in [5, 5.41) is 6.60. The van der Waals surface area contributed by atoms with Gasteiger partial charge < -0.3 is 15.5 Å². The van der Waals surface area contributed by atoms with Crippen molar-refractivity contribution in [3.05, 3.63) is 0 Å². The van der Waals surface area contributed by atoms with E-state index in [1.165, 1.54) is 0 Å². The maximum atomic E-state index is 11.6. The smallest absolute Gasteiger partial charge is 0.243 e. The van der Waals surface area contributed by atoms with Crippen molar-refractivity contribution in [1.29, 1.82) is 0 Å². The van der Waals surface area contributed by atoms with Crippen molar-refractivity contribution in [2.45, 2.75) is 26.7 Å². The third-order valence-corrected chi connectivity index (χ3v) is 3.80. The van der Waals surface area contributed by atoms with Gasteiger partial charge in [-0.1, -0.05) is 26.7 Å². The van der Waals surface area contributed by atoms with E-state index in [2.05, 4.69) is 35.7 Å². The number of rotatable bonds is 9. The lowest BCUT2D eigenvalue weighted by Crippen LogP contribution is -2.41. The number of thioether (sulfide) groups is 1. The summed E-state index contributed by atoms with van der Waals surface area (Å²) in [4.78, 5) is 17.5. The van der Waals surface area contributed by atoms with Crippen LogP contribution in [0, 0.1) is 5.92 Å². The first-order valence-electron chi connectivity index (χ1n) is 7.26. The van der Waals surface area contributed by atoms with Gasteiger partial charge in [-0.05, 0) is 12.2 Å². The molecule has 0 atom stereocenters. The van der Waals surface area contributed by atoms with E-state index in [-0.39, 0.29) is 12.5 Å². The zero-order valence-electron chi connectivity index (χ0n) is 13.5. The molecule has 0 fully saturated rings. The molecule has 0 aliphatic carbocycles. The fourth-order valence-corrected chi connectivity index (χ4v) is 1.86. The average Bonchev–Trinajstić information content (AvgIpc) is 2.44. The van der Waals surface area contributed by atoms with Crippen molar-refractivity contribution in [2.75, 3.05) is 45.7 Å². The second kappa shape index (κ2) is 11.9. The number of nitrogens with one attached hydrogen (secondary N) is 2. The summed E-state index contributed by atoms with van der Waals surface area (Å²) in [6.45, 7) is 6.33. The van der Waals surface area contributed by atoms with Crippen molar-refractivity contribution in [3.63, 3.8) is 0 Å². The highest BCUT2D eigenvalue weighted by molar-refractivity contribution is 7.98. The predicted octanol–water partition coefficient (Wildman–Crippen LogP) is 1.41. The van der Waals surface area contributed by atoms with Crippen LogP contribution in [0.5, 0.6) is 0 Å². The molecule has 5 nitrogen and oxygen atoms in total. The number of carbonyl (C=O) groups is 1. The standard InChI is InChI=1S/C14H30N4OS/c1-6-12(7-2)10-16-14(15-8-9-20-5)17-11-13(19)18(3)4/h12H,6-11H2,1-5H3,(H2,15,16,17). The highest BCUT2D eigenvalue weighted by Crippen LogP contribution is 2.04. The summed E-state index contributed by atoms with van der Waals surface area (Å²) >= 11 is 1.79. The minimum atomic E-state index is 0.0125. The Bertz CT molecular complexity index is 291. The van der Waals surface area contributed by atoms with Gasteiger partial charge in [-0.3, -0.25) is 4.79 Å². The van der Waals surface area contributed by atoms with Crippen molar-refractivity contribution < 1.29 is 4.79 Å². The van der Waals surface area contributed by atoms with E-state index < -0.39 is 0 Å². The van der Waals surface area contributed by atoms with Crippen molar-refractivity contribution in [3.8, 4) is 0 Å². The molecule has 20 heavy (non-hydrogen) atoms. The molecule has 0 saturated carbocycles. The molecule has 0 aromatic rings. The van der Waals surface area contributed by atoms with Crippen molar-refractivity contribution in [1.82, 2.24) is 15.5 Å². The van der Waals surface area contributed by atoms with Gasteiger partial charge in [0, 0.05) is 32.9 Å². The Labute approximate surface area is 128 Å². The molecule has 0 aromatic heterocycles. The highest BCUT2D eigenvalue weighted by Gasteiger charge is 2.07. The van der Waals surface area contributed by atoms with Gasteiger partial charge in [0.1, 0.15) is 6.54 Å². The van der Waals surface area contributed by atoms with E-state index in [0.29, 0.717) is 5.92 Å². The summed E-state index contributed by atoms with van der Waals surface area (Å²) in [6, 6.07) is 0. The molecule has 0 heterocycles. The van der Waals surface area contributed by atoms with Crippen LogP contribution in [0.15, 0.2) is 4.99 Å². The maximum absolute atomic E-state index is 11.6. The van der Waals surface area contributed by atoms with Crippen LogP contribution >= 0.6 is 11.8 Å². The minimum Gasteiger partial charge on any atom is -0.356 e. The number of amides is 1. The van der Waals surface area contributed by atoms with Crippen LogP contribution in [-0.4, -0.2) is 62.5 Å². The van der Waals surface area contributed by atoms with E-state index in [1.54, 1.807) is 30.8 Å². The molecular formula is C14H30N4OS. The number of aliphatic imine (C=N–C) groups is 1. The molecule has 6 heteroatoms. The molecule has 0 spiro atoms. The quantitative estimate of drug-likeness (QED) is 0.384. The van der Waals surface area contributed by atoms with Gasteiger partial charge >= 0.3 is 0 Å². The third kappa shape index (κ3) is 9.07. The number of guanidine groups is 1. The molecule has 0 bridgehead atoms. The van der Waals surface area contributed by atoms with Gasteiger partial charge in [-0.25, -0.2) is 4.99 Å². The molecule has 0 rings (SSSR count). The van der Waals surface area contributed by atoms with Crippen LogP contribution in [0.2, 0.25) is 0 Å². The van der Waals surface area contributed by atoms with Crippen LogP contribution < -0.4 is 10.6 Å². The summed E-state index contributed by atoms with van der Waals surface area (Å²) in [6.07, 6.45) is 4.38. The van der Waals surface area contributed by atoms with Crippen LogP contribution in [0.25, 0.3) is 0 Å². The number of hydrogen-bond acceptors (Lipinski definition) is 3. The lowest BCUT2D eigenvalue weighted by molar-refractivity contribution is -0.127. The second-order valence-electron chi connectivity index (χ2n) is 4.94. The first-order chi connectivity index (χ1) is 9.54. The lowest BCUT2D eigenvalue weighted by atomic mass is 10.0. The summed E-state index contributed by atoms with van der Waals surface area (Å²) in [5.74, 6) is 2.42. The molecule has 2 N–H and O–H groups in total. The SMILES string of the molecule is CCC(CC)CNC(=NCC(=O)N(C)C)NCCSC. The molecule has 0 unspecified atom stereocenters. The van der Waals surface area contributed by atoms with E-state index in [9.17, 15) is 4.79 Å². The van der Waals surface area contributed by atoms with E-state index in [0.717, 1.165) is 37.6 Å². The molecule has 118 valence electrons. The Hall–Kier alpha value is -0.910. The number of carbonyl (C=O) groups excluding carboxylic acids is 1. The fraction of sp³-hybridized carbons (Fsp3) is 0.857. The monoisotopic (exact) mass is 302 g/mol. The van der Waals surface area contributed by atoms with Crippen molar-refractivity contribution in [2.24, 2.45) is 10.9 Å². The van der Waals surface area contributed by atoms with Crippen LogP contribution in [0.4, 0.5) is 0 Å². The predicted molar refractivity (Wildman–Crippen MR) is 89.5 cm³/mol. The first-order valence-corrected chi connectivity index (χ1v) is 8.65. The average molecular weight is 302 g/mol. The number of hydrogen-bond donors (Lipinski definition) is 2. The molecule has 0 aliphatic heterocycles. The maximum Gasteiger partial charge on any atom is 0.243 e. The molecule has 0 saturated heterocycles. The summed E-state index contributed by atoms with van der Waals surface area (Å²) in [5.41, 5.74) is 0. The Balaban J connectivity index is 4.38. The Morgan fingerprint density at radius 3 is 2.40 bits per heavy atom. The van der Waals surface area contributed by atoms with Crippen LogP contribution in [0.1, 0.15) is 26.7 Å². The summed E-state index contributed by atoms with van der Waals surface area (Å²) in [7, 11) is 3.49. The topological polar surface area (TPSA) is 56.7 Å². The zero-order chi connectivity index (χ0) is 15.4. The minimum absolute atomic E-state index is 0.0125. The van der Waals surface area contributed by atoms with E-state index in [1.807, 2.05) is 0 Å². The highest BCUT2D eigenvalue weighted by atomic mass is 32.2. The fourth-order valence-electron chi connectivity index (χ4n) is 1.55. The van der Waals surface area contributed by atoms with Crippen LogP contribution in [0.3, 0.4) is 0 Å². The molecule has 1 amide bonds. The van der Waals surface area contributed by atoms with E-state index in [4.69, 9.17) is 0 Å². The molecular weight excluding hydrogens is 272 g/mol. The second-order valence-corrected chi connectivity index (χ2v) is 5.92. The number of likely N-dealkylation sites (N-methyl/N-ethyl adjacent to an activating group) is 1. The van der Waals surface area contributed by atoms with Crippen LogP contribution in [-0.2, 0) is 4.79 Å². The van der Waals surface area contributed by atoms with Gasteiger partial charge in [0.15, 0.2) is 5.96 Å². The van der Waals surface area contributed by atoms with Gasteiger partial charge in [0.2, 0.25) is 5.91 Å². The Kier molecular flexibility index (Phi) is 11.3. The normalized spacial score (nSPS) is 11.6. The largest absolute Gasteiger partial charge is 0.356 e. The molecule has 0 aromatic carbocycles. The van der Waals surface area contributed by atoms with Gasteiger partial charge in [0.25, 0.3) is 0 Å². The summed E-state index contributed by atoms with van der Waals surface area (Å²) < 4.78 is 0.